The summed E-state index contributed by atoms with van der Waals surface area (Å²) in [5, 5.41) is 18.6. The van der Waals surface area contributed by atoms with Gasteiger partial charge in [0.25, 0.3) is 10.2 Å². The van der Waals surface area contributed by atoms with Crippen LogP contribution in [-0.4, -0.2) is 29.0 Å². The first-order valence-electron chi connectivity index (χ1n) is 5.58. The summed E-state index contributed by atoms with van der Waals surface area (Å²) in [7, 11) is 0. The van der Waals surface area contributed by atoms with Gasteiger partial charge in [-0.3, -0.25) is 0 Å². The van der Waals surface area contributed by atoms with E-state index in [9.17, 15) is 20.2 Å². The Kier molecular flexibility index (Phi) is 6.13. The van der Waals surface area contributed by atoms with Crippen molar-refractivity contribution >= 4 is 11.6 Å². The Bertz CT molecular complexity index is 362. The van der Waals surface area contributed by atoms with Crippen LogP contribution in [0, 0.1) is 20.2 Å². The molecule has 1 heterocycles. The van der Waals surface area contributed by atoms with Crippen LogP contribution in [0.1, 0.15) is 25.7 Å². The molecule has 108 valence electrons. The van der Waals surface area contributed by atoms with Crippen LogP contribution in [0.15, 0.2) is 11.3 Å². The molecule has 1 unspecified atom stereocenters. The number of allylic oxidation sites excluding steroid dienone is 1. The Hall–Kier alpha value is -1.77. The maximum atomic E-state index is 10.3. The Morgan fingerprint density at radius 3 is 2.79 bits per heavy atom. The van der Waals surface area contributed by atoms with Crippen LogP contribution in [-0.2, 0) is 14.4 Å². The summed E-state index contributed by atoms with van der Waals surface area (Å²) in [6, 6.07) is 0. The van der Waals surface area contributed by atoms with Crippen molar-refractivity contribution in [2.24, 2.45) is 0 Å². The number of hydrogen-bond donors (Lipinski definition) is 0. The van der Waals surface area contributed by atoms with Gasteiger partial charge in [0, 0.05) is 0 Å². The molecule has 0 radical (unpaired) electrons. The van der Waals surface area contributed by atoms with Crippen LogP contribution in [0.4, 0.5) is 0 Å². The molecule has 0 amide bonds. The molecule has 9 nitrogen and oxygen atoms in total. The summed E-state index contributed by atoms with van der Waals surface area (Å²) < 4.78 is 5.29. The Labute approximate surface area is 113 Å². The van der Waals surface area contributed by atoms with Gasteiger partial charge >= 0.3 is 0 Å². The first-order chi connectivity index (χ1) is 8.97. The molecule has 0 saturated heterocycles. The molecule has 1 aliphatic heterocycles. The van der Waals surface area contributed by atoms with E-state index in [2.05, 4.69) is 9.68 Å². The molecule has 2 atom stereocenters. The third-order valence-corrected chi connectivity index (χ3v) is 2.73. The van der Waals surface area contributed by atoms with Gasteiger partial charge in [0.15, 0.2) is 5.22 Å². The Balaban J connectivity index is 2.36. The lowest BCUT2D eigenvalue weighted by Gasteiger charge is -2.23. The van der Waals surface area contributed by atoms with E-state index in [4.69, 9.17) is 16.3 Å². The minimum absolute atomic E-state index is 0.175. The minimum Gasteiger partial charge on any atom is -0.480 e. The highest BCUT2D eigenvalue weighted by atomic mass is 35.5. The largest absolute Gasteiger partial charge is 0.480 e. The number of nitrogens with zero attached hydrogens (tertiary/aromatic N) is 2. The third kappa shape index (κ3) is 6.65. The Morgan fingerprint density at radius 1 is 1.47 bits per heavy atom. The van der Waals surface area contributed by atoms with Gasteiger partial charge in [-0.1, -0.05) is 0 Å². The standard InChI is InChI=1S/C9H13ClN2O7/c10-9-3-1-2-7(18-9)4-5-8(19-12(15)16)6-17-11(13)14/h3,7-8H,1-2,4-6H2/t7?,8-/m0/s1. The lowest BCUT2D eigenvalue weighted by molar-refractivity contribution is -0.790. The molecule has 0 fully saturated rings. The van der Waals surface area contributed by atoms with E-state index in [1.54, 1.807) is 6.08 Å². The lowest BCUT2D eigenvalue weighted by Crippen LogP contribution is -2.27. The van der Waals surface area contributed by atoms with E-state index in [0.717, 1.165) is 12.8 Å². The van der Waals surface area contributed by atoms with Gasteiger partial charge in [0.2, 0.25) is 0 Å². The average molecular weight is 297 g/mol. The number of ether oxygens (including phenoxy) is 1. The van der Waals surface area contributed by atoms with Crippen LogP contribution in [0.2, 0.25) is 0 Å². The maximum absolute atomic E-state index is 10.3. The van der Waals surface area contributed by atoms with Crippen molar-refractivity contribution in [1.29, 1.82) is 0 Å². The second-order valence-corrected chi connectivity index (χ2v) is 4.25. The van der Waals surface area contributed by atoms with Crippen molar-refractivity contribution in [3.05, 3.63) is 31.5 Å². The molecule has 10 heteroatoms. The molecular weight excluding hydrogens is 284 g/mol. The second-order valence-electron chi connectivity index (χ2n) is 3.87. The van der Waals surface area contributed by atoms with Crippen LogP contribution in [0.5, 0.6) is 0 Å². The highest BCUT2D eigenvalue weighted by Gasteiger charge is 2.21. The number of hydrogen-bond acceptors (Lipinski definition) is 7. The summed E-state index contributed by atoms with van der Waals surface area (Å²) in [6.07, 6.45) is 2.68. The predicted molar refractivity (Wildman–Crippen MR) is 62.1 cm³/mol. The van der Waals surface area contributed by atoms with Crippen molar-refractivity contribution in [3.63, 3.8) is 0 Å². The smallest absolute Gasteiger partial charge is 0.294 e. The van der Waals surface area contributed by atoms with E-state index >= 15 is 0 Å². The SMILES string of the molecule is O=[N+]([O-])OC[C@H](CCC1CCC=C(Cl)O1)O[N+](=O)[O-]. The van der Waals surface area contributed by atoms with Gasteiger partial charge in [-0.25, -0.2) is 0 Å². The molecule has 0 aliphatic carbocycles. The van der Waals surface area contributed by atoms with Gasteiger partial charge in [-0.2, -0.15) is 0 Å². The van der Waals surface area contributed by atoms with Crippen LogP contribution < -0.4 is 0 Å². The molecule has 0 aromatic heterocycles. The molecule has 0 N–H and O–H groups in total. The number of halogens is 1. The van der Waals surface area contributed by atoms with Crippen LogP contribution in [0.25, 0.3) is 0 Å². The average Bonchev–Trinajstić information content (AvgIpc) is 2.32. The maximum Gasteiger partial charge on any atom is 0.294 e. The monoisotopic (exact) mass is 296 g/mol. The predicted octanol–water partition coefficient (Wildman–Crippen LogP) is 1.81. The summed E-state index contributed by atoms with van der Waals surface area (Å²) >= 11 is 5.70. The fourth-order valence-electron chi connectivity index (χ4n) is 1.66. The summed E-state index contributed by atoms with van der Waals surface area (Å²) in [6.45, 7) is -0.496. The van der Waals surface area contributed by atoms with Crippen molar-refractivity contribution in [2.45, 2.75) is 37.9 Å². The van der Waals surface area contributed by atoms with Crippen molar-refractivity contribution in [3.8, 4) is 0 Å². The summed E-state index contributed by atoms with van der Waals surface area (Å²) in [4.78, 5) is 28.7. The first kappa shape index (κ1) is 15.3. The zero-order chi connectivity index (χ0) is 14.3. The normalized spacial score (nSPS) is 19.8. The second kappa shape index (κ2) is 7.62. The van der Waals surface area contributed by atoms with Crippen molar-refractivity contribution < 1.29 is 24.6 Å². The molecule has 19 heavy (non-hydrogen) atoms. The number of rotatable bonds is 8. The highest BCUT2D eigenvalue weighted by molar-refractivity contribution is 6.28. The quantitative estimate of drug-likeness (QED) is 0.495. The van der Waals surface area contributed by atoms with Gasteiger partial charge in [0.05, 0.1) is 0 Å². The fraction of sp³-hybridized carbons (Fsp3) is 0.778. The lowest BCUT2D eigenvalue weighted by atomic mass is 10.0. The zero-order valence-electron chi connectivity index (χ0n) is 9.90. The molecule has 0 aromatic carbocycles. The third-order valence-electron chi connectivity index (χ3n) is 2.48. The Morgan fingerprint density at radius 2 is 2.21 bits per heavy atom. The summed E-state index contributed by atoms with van der Waals surface area (Å²) in [5.74, 6) is 0. The molecule has 1 aliphatic rings. The van der Waals surface area contributed by atoms with E-state index in [1.165, 1.54) is 0 Å². The topological polar surface area (TPSA) is 114 Å². The first-order valence-corrected chi connectivity index (χ1v) is 5.96. The molecule has 0 spiro atoms. The minimum atomic E-state index is -1.02. The van der Waals surface area contributed by atoms with Gasteiger partial charge in [0.1, 0.15) is 18.8 Å². The van der Waals surface area contributed by atoms with E-state index < -0.39 is 22.9 Å². The zero-order valence-corrected chi connectivity index (χ0v) is 10.7. The van der Waals surface area contributed by atoms with Crippen molar-refractivity contribution in [2.75, 3.05) is 6.61 Å². The van der Waals surface area contributed by atoms with E-state index in [0.29, 0.717) is 11.6 Å². The van der Waals surface area contributed by atoms with E-state index in [1.807, 2.05) is 0 Å². The van der Waals surface area contributed by atoms with Crippen LogP contribution in [0.3, 0.4) is 0 Å². The van der Waals surface area contributed by atoms with Gasteiger partial charge < -0.3 is 14.4 Å². The molecule has 0 aromatic rings. The molecule has 0 bridgehead atoms. The molecule has 0 saturated carbocycles. The summed E-state index contributed by atoms with van der Waals surface area (Å²) in [5.41, 5.74) is 0. The highest BCUT2D eigenvalue weighted by Crippen LogP contribution is 2.23. The van der Waals surface area contributed by atoms with Gasteiger partial charge in [-0.15, -0.1) is 20.2 Å². The van der Waals surface area contributed by atoms with Gasteiger partial charge in [-0.05, 0) is 43.4 Å². The van der Waals surface area contributed by atoms with E-state index in [-0.39, 0.29) is 12.5 Å². The fourth-order valence-corrected chi connectivity index (χ4v) is 1.89. The van der Waals surface area contributed by atoms with Crippen LogP contribution >= 0.6 is 11.6 Å². The molecular formula is C9H13ClN2O7. The van der Waals surface area contributed by atoms with Crippen molar-refractivity contribution in [1.82, 2.24) is 0 Å². The molecule has 1 rings (SSSR count).